The van der Waals surface area contributed by atoms with Crippen molar-refractivity contribution in [2.24, 2.45) is 0 Å². The quantitative estimate of drug-likeness (QED) is 0.854. The number of aromatic nitrogens is 1. The fraction of sp³-hybridized carbons (Fsp3) is 0.214. The third kappa shape index (κ3) is 3.52. The fourth-order valence-corrected chi connectivity index (χ4v) is 2.48. The van der Waals surface area contributed by atoms with E-state index in [1.54, 1.807) is 19.8 Å². The van der Waals surface area contributed by atoms with Crippen LogP contribution in [0.1, 0.15) is 5.56 Å². The van der Waals surface area contributed by atoms with Crippen molar-refractivity contribution in [1.29, 1.82) is 0 Å². The number of nitrogens with zero attached hydrogens (tertiary/aromatic N) is 1. The van der Waals surface area contributed by atoms with Gasteiger partial charge in [-0.1, -0.05) is 12.1 Å². The van der Waals surface area contributed by atoms with Gasteiger partial charge in [-0.3, -0.25) is 0 Å². The third-order valence-electron chi connectivity index (χ3n) is 2.84. The van der Waals surface area contributed by atoms with Gasteiger partial charge in [0.25, 0.3) is 0 Å². The van der Waals surface area contributed by atoms with E-state index in [1.807, 2.05) is 24.3 Å². The van der Waals surface area contributed by atoms with Gasteiger partial charge in [0, 0.05) is 0 Å². The maximum atomic E-state index is 11.6. The van der Waals surface area contributed by atoms with E-state index in [-0.39, 0.29) is 0 Å². The minimum absolute atomic E-state index is 0.299. The van der Waals surface area contributed by atoms with Gasteiger partial charge >= 0.3 is 0 Å². The summed E-state index contributed by atoms with van der Waals surface area (Å²) in [6.07, 6.45) is 1.53. The van der Waals surface area contributed by atoms with E-state index in [4.69, 9.17) is 15.2 Å². The Labute approximate surface area is 118 Å². The number of pyridine rings is 1. The molecule has 20 heavy (non-hydrogen) atoms. The van der Waals surface area contributed by atoms with Crippen LogP contribution in [0.2, 0.25) is 0 Å². The zero-order valence-electron chi connectivity index (χ0n) is 11.4. The molecule has 0 spiro atoms. The van der Waals surface area contributed by atoms with Crippen LogP contribution in [-0.4, -0.2) is 18.8 Å². The molecular formula is C14H17N2O3P. The Kier molecular flexibility index (Phi) is 4.64. The van der Waals surface area contributed by atoms with Crippen LogP contribution in [-0.2, 0) is 11.2 Å². The molecule has 0 bridgehead atoms. The van der Waals surface area contributed by atoms with E-state index in [9.17, 15) is 4.57 Å². The average Bonchev–Trinajstić information content (AvgIpc) is 2.46. The summed E-state index contributed by atoms with van der Waals surface area (Å²) in [6.45, 7) is 2.03. The molecule has 2 N–H and O–H groups in total. The van der Waals surface area contributed by atoms with E-state index in [0.29, 0.717) is 23.5 Å². The molecule has 0 fully saturated rings. The molecule has 1 atom stereocenters. The SMILES string of the molecule is COc1ccc(COc2cnc(N)c([PH](C)=O)c2)cc1. The molecule has 1 aromatic carbocycles. The van der Waals surface area contributed by atoms with Gasteiger partial charge in [-0.15, -0.1) is 0 Å². The van der Waals surface area contributed by atoms with Gasteiger partial charge in [0.1, 0.15) is 31.7 Å². The molecule has 0 radical (unpaired) electrons. The van der Waals surface area contributed by atoms with Gasteiger partial charge in [-0.05, 0) is 30.4 Å². The number of rotatable bonds is 5. The number of hydrogen-bond acceptors (Lipinski definition) is 5. The highest BCUT2D eigenvalue weighted by atomic mass is 31.1. The highest BCUT2D eigenvalue weighted by Crippen LogP contribution is 2.21. The van der Waals surface area contributed by atoms with Crippen LogP contribution in [0.15, 0.2) is 36.5 Å². The summed E-state index contributed by atoms with van der Waals surface area (Å²) < 4.78 is 22.3. The van der Waals surface area contributed by atoms with Crippen molar-refractivity contribution < 1.29 is 14.0 Å². The first-order chi connectivity index (χ1) is 9.60. The van der Waals surface area contributed by atoms with Crippen LogP contribution in [0.4, 0.5) is 5.82 Å². The summed E-state index contributed by atoms with van der Waals surface area (Å²) in [7, 11) is -0.264. The second-order valence-corrected chi connectivity index (χ2v) is 5.95. The number of nitrogens with two attached hydrogens (primary N) is 1. The van der Waals surface area contributed by atoms with Gasteiger partial charge in [-0.25, -0.2) is 4.98 Å². The smallest absolute Gasteiger partial charge is 0.139 e. The largest absolute Gasteiger partial charge is 0.497 e. The first-order valence-electron chi connectivity index (χ1n) is 6.12. The van der Waals surface area contributed by atoms with Crippen molar-refractivity contribution in [1.82, 2.24) is 4.98 Å². The molecule has 0 saturated heterocycles. The summed E-state index contributed by atoms with van der Waals surface area (Å²) in [6, 6.07) is 9.28. The Hall–Kier alpha value is -2.00. The number of benzene rings is 1. The molecule has 6 heteroatoms. The zero-order valence-corrected chi connectivity index (χ0v) is 12.4. The van der Waals surface area contributed by atoms with Gasteiger partial charge in [0.2, 0.25) is 0 Å². The molecule has 0 aliphatic carbocycles. The van der Waals surface area contributed by atoms with Crippen molar-refractivity contribution in [3.05, 3.63) is 42.1 Å². The Morgan fingerprint density at radius 1 is 1.25 bits per heavy atom. The van der Waals surface area contributed by atoms with E-state index in [0.717, 1.165) is 11.3 Å². The van der Waals surface area contributed by atoms with Crippen LogP contribution in [0, 0.1) is 0 Å². The van der Waals surface area contributed by atoms with Gasteiger partial charge in [0.05, 0.1) is 18.6 Å². The monoisotopic (exact) mass is 292 g/mol. The van der Waals surface area contributed by atoms with Crippen molar-refractivity contribution in [2.75, 3.05) is 19.5 Å². The van der Waals surface area contributed by atoms with E-state index in [1.165, 1.54) is 6.20 Å². The molecule has 2 aromatic rings. The molecule has 0 aliphatic rings. The number of ether oxygens (including phenoxy) is 2. The van der Waals surface area contributed by atoms with Gasteiger partial charge < -0.3 is 19.8 Å². The summed E-state index contributed by atoms with van der Waals surface area (Å²) in [5, 5.41) is 0.558. The van der Waals surface area contributed by atoms with Gasteiger partial charge in [0.15, 0.2) is 0 Å². The molecule has 0 amide bonds. The number of anilines is 1. The maximum Gasteiger partial charge on any atom is 0.139 e. The summed E-state index contributed by atoms with van der Waals surface area (Å²) in [5.41, 5.74) is 6.68. The molecule has 5 nitrogen and oxygen atoms in total. The minimum Gasteiger partial charge on any atom is -0.497 e. The number of methoxy groups -OCH3 is 1. The van der Waals surface area contributed by atoms with E-state index >= 15 is 0 Å². The molecule has 1 aromatic heterocycles. The van der Waals surface area contributed by atoms with Crippen molar-refractivity contribution in [2.45, 2.75) is 6.61 Å². The molecule has 2 rings (SSSR count). The second kappa shape index (κ2) is 6.44. The zero-order chi connectivity index (χ0) is 14.5. The predicted octanol–water partition coefficient (Wildman–Crippen LogP) is 2.07. The lowest BCUT2D eigenvalue weighted by Gasteiger charge is -2.09. The molecule has 1 unspecified atom stereocenters. The van der Waals surface area contributed by atoms with Crippen LogP contribution in [0.25, 0.3) is 0 Å². The number of nitrogen functional groups attached to an aromatic ring is 1. The standard InChI is InChI=1S/C14H17N2O3P/c1-18-11-5-3-10(4-6-11)9-19-12-7-13(20(2)17)14(15)16-8-12/h3-8,20H,9H2,1-2H3,(H2,15,16). The third-order valence-corrected chi connectivity index (χ3v) is 4.00. The van der Waals surface area contributed by atoms with E-state index in [2.05, 4.69) is 4.98 Å². The van der Waals surface area contributed by atoms with Crippen molar-refractivity contribution >= 4 is 18.9 Å². The summed E-state index contributed by atoms with van der Waals surface area (Å²) >= 11 is 0. The number of hydrogen-bond donors (Lipinski definition) is 1. The molecule has 0 saturated carbocycles. The molecular weight excluding hydrogens is 275 g/mol. The first kappa shape index (κ1) is 14.4. The Balaban J connectivity index is 2.06. The molecule has 0 aliphatic heterocycles. The summed E-state index contributed by atoms with van der Waals surface area (Å²) in [5.74, 6) is 1.66. The normalized spacial score (nSPS) is 11.9. The lowest BCUT2D eigenvalue weighted by molar-refractivity contribution is 0.305. The Bertz CT molecular complexity index is 614. The Morgan fingerprint density at radius 3 is 2.55 bits per heavy atom. The predicted molar refractivity (Wildman–Crippen MR) is 80.5 cm³/mol. The molecule has 106 valence electrons. The van der Waals surface area contributed by atoms with Crippen LogP contribution >= 0.6 is 7.80 Å². The lowest BCUT2D eigenvalue weighted by Crippen LogP contribution is -2.08. The Morgan fingerprint density at radius 2 is 1.95 bits per heavy atom. The van der Waals surface area contributed by atoms with Crippen LogP contribution in [0.3, 0.4) is 0 Å². The maximum absolute atomic E-state index is 11.6. The topological polar surface area (TPSA) is 74.4 Å². The van der Waals surface area contributed by atoms with Gasteiger partial charge in [-0.2, -0.15) is 0 Å². The summed E-state index contributed by atoms with van der Waals surface area (Å²) in [4.78, 5) is 4.00. The van der Waals surface area contributed by atoms with Crippen molar-refractivity contribution in [3.8, 4) is 11.5 Å². The highest BCUT2D eigenvalue weighted by molar-refractivity contribution is 7.53. The van der Waals surface area contributed by atoms with Crippen molar-refractivity contribution in [3.63, 3.8) is 0 Å². The average molecular weight is 292 g/mol. The molecule has 1 heterocycles. The van der Waals surface area contributed by atoms with Crippen LogP contribution < -0.4 is 20.5 Å². The second-order valence-electron chi connectivity index (χ2n) is 4.30. The van der Waals surface area contributed by atoms with E-state index < -0.39 is 7.80 Å². The first-order valence-corrected chi connectivity index (χ1v) is 8.03. The highest BCUT2D eigenvalue weighted by Gasteiger charge is 2.07. The fourth-order valence-electron chi connectivity index (χ4n) is 1.71. The van der Waals surface area contributed by atoms with Crippen LogP contribution in [0.5, 0.6) is 11.5 Å². The minimum atomic E-state index is -1.89. The lowest BCUT2D eigenvalue weighted by atomic mass is 10.2.